The molecule has 174 valence electrons. The van der Waals surface area contributed by atoms with Crippen LogP contribution in [0.5, 0.6) is 0 Å². The number of halogens is 1. The van der Waals surface area contributed by atoms with Crippen LogP contribution in [0.25, 0.3) is 0 Å². The molecular formula is C23H35IN8. The average molecular weight is 550 g/mol. The second kappa shape index (κ2) is 11.3. The Bertz CT molecular complexity index is 884. The first kappa shape index (κ1) is 23.3. The molecule has 4 rings (SSSR count). The monoisotopic (exact) mass is 550 g/mol. The molecule has 1 saturated heterocycles. The minimum atomic E-state index is 0.420. The zero-order valence-corrected chi connectivity index (χ0v) is 21.1. The number of benzene rings is 1. The Balaban J connectivity index is 1.51. The van der Waals surface area contributed by atoms with Crippen molar-refractivity contribution < 1.29 is 0 Å². The number of nitrogens with two attached hydrogens (primary N) is 1. The summed E-state index contributed by atoms with van der Waals surface area (Å²) in [5.74, 6) is 1.80. The molecule has 0 bridgehead atoms. The lowest BCUT2D eigenvalue weighted by molar-refractivity contribution is 0.277. The molecule has 32 heavy (non-hydrogen) atoms. The topological polar surface area (TPSA) is 104 Å². The van der Waals surface area contributed by atoms with Crippen molar-refractivity contribution in [1.82, 2.24) is 19.9 Å². The van der Waals surface area contributed by atoms with Gasteiger partial charge in [0.15, 0.2) is 0 Å². The SMILES string of the molecule is CCN1CCCC1CNc1nc(Nc2ccc(N)c(I)c2)nc(NC2CCCCCC2)n1. The average Bonchev–Trinajstić information content (AvgIpc) is 3.09. The fourth-order valence-corrected chi connectivity index (χ4v) is 5.18. The number of nitrogen functional groups attached to an aromatic ring is 1. The predicted octanol–water partition coefficient (Wildman–Crippen LogP) is 4.83. The maximum atomic E-state index is 5.97. The third-order valence-electron chi connectivity index (χ3n) is 6.48. The largest absolute Gasteiger partial charge is 0.398 e. The second-order valence-corrected chi connectivity index (χ2v) is 9.97. The van der Waals surface area contributed by atoms with E-state index in [0.29, 0.717) is 29.9 Å². The smallest absolute Gasteiger partial charge is 0.233 e. The summed E-state index contributed by atoms with van der Waals surface area (Å²) in [4.78, 5) is 16.6. The Morgan fingerprint density at radius 2 is 1.75 bits per heavy atom. The van der Waals surface area contributed by atoms with Gasteiger partial charge in [-0.3, -0.25) is 4.90 Å². The van der Waals surface area contributed by atoms with E-state index in [1.807, 2.05) is 18.2 Å². The number of nitrogens with one attached hydrogen (secondary N) is 3. The Labute approximate surface area is 204 Å². The molecule has 1 unspecified atom stereocenters. The quantitative estimate of drug-likeness (QED) is 0.211. The van der Waals surface area contributed by atoms with Crippen LogP contribution in [-0.2, 0) is 0 Å². The highest BCUT2D eigenvalue weighted by atomic mass is 127. The van der Waals surface area contributed by atoms with Crippen LogP contribution in [0.4, 0.5) is 29.2 Å². The number of anilines is 5. The first-order chi connectivity index (χ1) is 15.6. The molecule has 1 aliphatic carbocycles. The van der Waals surface area contributed by atoms with Gasteiger partial charge < -0.3 is 21.7 Å². The van der Waals surface area contributed by atoms with Crippen molar-refractivity contribution in [3.8, 4) is 0 Å². The highest BCUT2D eigenvalue weighted by molar-refractivity contribution is 14.1. The van der Waals surface area contributed by atoms with Crippen molar-refractivity contribution in [3.63, 3.8) is 0 Å². The summed E-state index contributed by atoms with van der Waals surface area (Å²) < 4.78 is 0.998. The van der Waals surface area contributed by atoms with Crippen molar-refractivity contribution in [1.29, 1.82) is 0 Å². The van der Waals surface area contributed by atoms with Crippen molar-refractivity contribution >= 4 is 51.8 Å². The fraction of sp³-hybridized carbons (Fsp3) is 0.609. The number of rotatable bonds is 8. The Kier molecular flexibility index (Phi) is 8.23. The molecule has 0 spiro atoms. The molecule has 1 aromatic carbocycles. The second-order valence-electron chi connectivity index (χ2n) is 8.81. The van der Waals surface area contributed by atoms with Crippen LogP contribution in [0.1, 0.15) is 58.3 Å². The van der Waals surface area contributed by atoms with E-state index in [1.165, 1.54) is 57.9 Å². The summed E-state index contributed by atoms with van der Waals surface area (Å²) in [6.45, 7) is 5.34. The van der Waals surface area contributed by atoms with Gasteiger partial charge in [0.2, 0.25) is 17.8 Å². The lowest BCUT2D eigenvalue weighted by atomic mass is 10.1. The van der Waals surface area contributed by atoms with Crippen molar-refractivity contribution in [2.45, 2.75) is 70.4 Å². The minimum absolute atomic E-state index is 0.420. The fourth-order valence-electron chi connectivity index (χ4n) is 4.67. The number of hydrogen-bond acceptors (Lipinski definition) is 8. The van der Waals surface area contributed by atoms with Gasteiger partial charge in [-0.1, -0.05) is 32.6 Å². The van der Waals surface area contributed by atoms with Crippen LogP contribution in [0.2, 0.25) is 0 Å². The number of likely N-dealkylation sites (N-methyl/N-ethyl adjacent to an activating group) is 1. The molecule has 2 heterocycles. The summed E-state index contributed by atoms with van der Waals surface area (Å²) in [5.41, 5.74) is 7.65. The van der Waals surface area contributed by atoms with Crippen LogP contribution in [0, 0.1) is 3.57 Å². The molecule has 2 fully saturated rings. The van der Waals surface area contributed by atoms with Crippen LogP contribution in [0.3, 0.4) is 0 Å². The summed E-state index contributed by atoms with van der Waals surface area (Å²) in [6, 6.07) is 6.80. The zero-order chi connectivity index (χ0) is 22.3. The lowest BCUT2D eigenvalue weighted by Gasteiger charge is -2.23. The van der Waals surface area contributed by atoms with Crippen molar-refractivity contribution in [2.75, 3.05) is 41.3 Å². The van der Waals surface area contributed by atoms with Crippen LogP contribution < -0.4 is 21.7 Å². The highest BCUT2D eigenvalue weighted by Gasteiger charge is 2.23. The van der Waals surface area contributed by atoms with E-state index in [1.54, 1.807) is 0 Å². The van der Waals surface area contributed by atoms with Gasteiger partial charge in [-0.05, 0) is 79.6 Å². The van der Waals surface area contributed by atoms with E-state index in [4.69, 9.17) is 10.7 Å². The minimum Gasteiger partial charge on any atom is -0.398 e. The maximum absolute atomic E-state index is 5.97. The maximum Gasteiger partial charge on any atom is 0.233 e. The van der Waals surface area contributed by atoms with Crippen molar-refractivity contribution in [3.05, 3.63) is 21.8 Å². The van der Waals surface area contributed by atoms with Gasteiger partial charge in [0.05, 0.1) is 0 Å². The molecule has 1 atom stereocenters. The van der Waals surface area contributed by atoms with Crippen LogP contribution >= 0.6 is 22.6 Å². The molecule has 2 aliphatic rings. The highest BCUT2D eigenvalue weighted by Crippen LogP contribution is 2.24. The number of aromatic nitrogens is 3. The van der Waals surface area contributed by atoms with Gasteiger partial charge in [-0.25, -0.2) is 0 Å². The van der Waals surface area contributed by atoms with E-state index in [9.17, 15) is 0 Å². The summed E-state index contributed by atoms with van der Waals surface area (Å²) >= 11 is 2.24. The number of hydrogen-bond donors (Lipinski definition) is 4. The molecule has 1 aliphatic heterocycles. The Morgan fingerprint density at radius 3 is 2.50 bits per heavy atom. The Morgan fingerprint density at radius 1 is 1.00 bits per heavy atom. The third kappa shape index (κ3) is 6.34. The van der Waals surface area contributed by atoms with Gasteiger partial charge in [0, 0.05) is 33.6 Å². The third-order valence-corrected chi connectivity index (χ3v) is 7.42. The number of nitrogens with zero attached hydrogens (tertiary/aromatic N) is 4. The van der Waals surface area contributed by atoms with Crippen LogP contribution in [0.15, 0.2) is 18.2 Å². The van der Waals surface area contributed by atoms with Gasteiger partial charge in [0.1, 0.15) is 0 Å². The molecule has 2 aromatic rings. The summed E-state index contributed by atoms with van der Waals surface area (Å²) in [6.07, 6.45) is 9.97. The lowest BCUT2D eigenvalue weighted by Crippen LogP contribution is -2.35. The van der Waals surface area contributed by atoms with Gasteiger partial charge >= 0.3 is 0 Å². The molecule has 1 saturated carbocycles. The summed E-state index contributed by atoms with van der Waals surface area (Å²) in [7, 11) is 0. The zero-order valence-electron chi connectivity index (χ0n) is 18.9. The van der Waals surface area contributed by atoms with E-state index < -0.39 is 0 Å². The van der Waals surface area contributed by atoms with E-state index in [2.05, 4.69) is 60.3 Å². The molecule has 5 N–H and O–H groups in total. The molecule has 9 heteroatoms. The predicted molar refractivity (Wildman–Crippen MR) is 141 cm³/mol. The molecule has 0 radical (unpaired) electrons. The molecule has 8 nitrogen and oxygen atoms in total. The van der Waals surface area contributed by atoms with Crippen molar-refractivity contribution in [2.24, 2.45) is 0 Å². The van der Waals surface area contributed by atoms with E-state index in [-0.39, 0.29) is 0 Å². The van der Waals surface area contributed by atoms with E-state index >= 15 is 0 Å². The van der Waals surface area contributed by atoms with Gasteiger partial charge in [-0.15, -0.1) is 0 Å². The molecule has 0 amide bonds. The molecular weight excluding hydrogens is 515 g/mol. The van der Waals surface area contributed by atoms with Gasteiger partial charge in [0.25, 0.3) is 0 Å². The first-order valence-corrected chi connectivity index (χ1v) is 13.0. The summed E-state index contributed by atoms with van der Waals surface area (Å²) in [5, 5.41) is 10.4. The van der Waals surface area contributed by atoms with Gasteiger partial charge in [-0.2, -0.15) is 15.0 Å². The van der Waals surface area contributed by atoms with Crippen LogP contribution in [-0.4, -0.2) is 51.6 Å². The first-order valence-electron chi connectivity index (χ1n) is 11.9. The standard InChI is InChI=1S/C23H35IN8/c1-2-32-13-7-10-18(32)15-26-21-29-22(27-16-8-5-3-4-6-9-16)31-23(30-21)28-17-11-12-20(25)19(24)14-17/h11-12,14,16,18H,2-10,13,15,25H2,1H3,(H3,26,27,28,29,30,31). The normalized spacial score (nSPS) is 20.1. The number of likely N-dealkylation sites (tertiary alicyclic amines) is 1. The molecule has 1 aromatic heterocycles. The Hall–Kier alpha value is -1.88. The van der Waals surface area contributed by atoms with E-state index in [0.717, 1.165) is 28.0 Å².